The molecule has 0 unspecified atom stereocenters. The van der Waals surface area contributed by atoms with Crippen molar-refractivity contribution in [3.63, 3.8) is 0 Å². The maximum absolute atomic E-state index is 12.1. The fraction of sp³-hybridized carbons (Fsp3) is 0.500. The molecule has 2 aromatic rings. The summed E-state index contributed by atoms with van der Waals surface area (Å²) in [5.74, 6) is 1.28. The van der Waals surface area contributed by atoms with Gasteiger partial charge in [-0.25, -0.2) is 0 Å². The molecule has 0 atom stereocenters. The van der Waals surface area contributed by atoms with E-state index in [1.54, 1.807) is 11.3 Å². The molecule has 0 bridgehead atoms. The van der Waals surface area contributed by atoms with Gasteiger partial charge in [0.2, 0.25) is 0 Å². The van der Waals surface area contributed by atoms with Crippen LogP contribution in [0.2, 0.25) is 0 Å². The van der Waals surface area contributed by atoms with Crippen molar-refractivity contribution in [1.29, 1.82) is 0 Å². The average Bonchev–Trinajstić information content (AvgIpc) is 3.22. The van der Waals surface area contributed by atoms with Crippen LogP contribution in [0.4, 0.5) is 0 Å². The summed E-state index contributed by atoms with van der Waals surface area (Å²) in [5, 5.41) is 0. The van der Waals surface area contributed by atoms with Crippen molar-refractivity contribution in [1.82, 2.24) is 4.57 Å². The molecule has 5 heteroatoms. The zero-order valence-electron chi connectivity index (χ0n) is 12.7. The molecule has 0 N–H and O–H groups in total. The molecule has 1 amide bonds. The minimum atomic E-state index is 0.0637. The highest BCUT2D eigenvalue weighted by Crippen LogP contribution is 2.30. The summed E-state index contributed by atoms with van der Waals surface area (Å²) in [7, 11) is 0. The number of hydrogen-bond donors (Lipinski definition) is 0. The third-order valence-electron chi connectivity index (χ3n) is 3.77. The Balaban J connectivity index is 2.17. The highest BCUT2D eigenvalue weighted by atomic mass is 32.2. The maximum Gasteiger partial charge on any atom is 0.251 e. The second-order valence-corrected chi connectivity index (χ2v) is 7.65. The van der Waals surface area contributed by atoms with Crippen molar-refractivity contribution >= 4 is 39.2 Å². The number of thioether (sulfide) groups is 1. The third-order valence-corrected chi connectivity index (χ3v) is 5.59. The van der Waals surface area contributed by atoms with Crippen LogP contribution in [-0.2, 0) is 11.3 Å². The van der Waals surface area contributed by atoms with E-state index in [1.165, 1.54) is 21.3 Å². The number of thiazole rings is 1. The van der Waals surface area contributed by atoms with E-state index in [2.05, 4.69) is 41.8 Å². The van der Waals surface area contributed by atoms with Gasteiger partial charge in [-0.2, -0.15) is 16.8 Å². The lowest BCUT2D eigenvalue weighted by Crippen LogP contribution is -2.18. The minimum absolute atomic E-state index is 0.0637. The Bertz CT molecular complexity index is 753. The Morgan fingerprint density at radius 3 is 2.86 bits per heavy atom. The summed E-state index contributed by atoms with van der Waals surface area (Å²) in [6.07, 6.45) is 4.13. The monoisotopic (exact) mass is 320 g/mol. The maximum atomic E-state index is 12.1. The second-order valence-electron chi connectivity index (χ2n) is 5.68. The van der Waals surface area contributed by atoms with Crippen molar-refractivity contribution in [3.05, 3.63) is 28.1 Å². The fourth-order valence-corrected chi connectivity index (χ4v) is 3.99. The van der Waals surface area contributed by atoms with E-state index < -0.39 is 0 Å². The number of carbonyl (C=O) groups excluding carboxylic acids is 1. The molecule has 112 valence electrons. The van der Waals surface area contributed by atoms with E-state index in [0.29, 0.717) is 0 Å². The number of aromatic nitrogens is 1. The SMILES string of the molecule is CSCCn1c(=NC(=O)C2CC2)sc2c(C)cc(C)cc21. The van der Waals surface area contributed by atoms with E-state index in [-0.39, 0.29) is 11.8 Å². The standard InChI is InChI=1S/C16H20N2OS2/c1-10-8-11(2)14-13(9-10)18(6-7-20-3)16(21-14)17-15(19)12-4-5-12/h8-9,12H,4-7H2,1-3H3. The summed E-state index contributed by atoms with van der Waals surface area (Å²) >= 11 is 3.47. The first-order valence-corrected chi connectivity index (χ1v) is 9.49. The Labute approximate surface area is 133 Å². The fourth-order valence-electron chi connectivity index (χ4n) is 2.51. The van der Waals surface area contributed by atoms with Gasteiger partial charge in [0.05, 0.1) is 10.2 Å². The van der Waals surface area contributed by atoms with Gasteiger partial charge in [-0.05, 0) is 50.1 Å². The predicted molar refractivity (Wildman–Crippen MR) is 91.0 cm³/mol. The van der Waals surface area contributed by atoms with Gasteiger partial charge in [-0.3, -0.25) is 4.79 Å². The van der Waals surface area contributed by atoms with Crippen LogP contribution in [0, 0.1) is 19.8 Å². The first-order valence-electron chi connectivity index (χ1n) is 7.28. The molecular formula is C16H20N2OS2. The molecule has 3 rings (SSSR count). The van der Waals surface area contributed by atoms with Gasteiger partial charge < -0.3 is 4.57 Å². The molecule has 0 aliphatic heterocycles. The molecule has 1 aromatic carbocycles. The van der Waals surface area contributed by atoms with Gasteiger partial charge in [0.1, 0.15) is 0 Å². The highest BCUT2D eigenvalue weighted by Gasteiger charge is 2.29. The van der Waals surface area contributed by atoms with Crippen molar-refractivity contribution in [2.45, 2.75) is 33.2 Å². The zero-order valence-corrected chi connectivity index (χ0v) is 14.3. The molecule has 1 heterocycles. The number of amides is 1. The van der Waals surface area contributed by atoms with Crippen molar-refractivity contribution in [2.24, 2.45) is 10.9 Å². The van der Waals surface area contributed by atoms with Crippen molar-refractivity contribution < 1.29 is 4.79 Å². The predicted octanol–water partition coefficient (Wildman–Crippen LogP) is 3.52. The van der Waals surface area contributed by atoms with Gasteiger partial charge >= 0.3 is 0 Å². The molecule has 21 heavy (non-hydrogen) atoms. The quantitative estimate of drug-likeness (QED) is 0.864. The number of fused-ring (bicyclic) bond motifs is 1. The van der Waals surface area contributed by atoms with Crippen LogP contribution < -0.4 is 4.80 Å². The van der Waals surface area contributed by atoms with Crippen LogP contribution in [0.1, 0.15) is 24.0 Å². The summed E-state index contributed by atoms with van der Waals surface area (Å²) < 4.78 is 3.47. The Morgan fingerprint density at radius 1 is 1.43 bits per heavy atom. The molecule has 1 aliphatic rings. The summed E-state index contributed by atoms with van der Waals surface area (Å²) in [4.78, 5) is 17.3. The number of aryl methyl sites for hydroxylation is 3. The smallest absolute Gasteiger partial charge is 0.251 e. The molecule has 0 spiro atoms. The van der Waals surface area contributed by atoms with Crippen molar-refractivity contribution in [2.75, 3.05) is 12.0 Å². The Morgan fingerprint density at radius 2 is 2.19 bits per heavy atom. The molecule has 1 aliphatic carbocycles. The average molecular weight is 320 g/mol. The van der Waals surface area contributed by atoms with Crippen LogP contribution in [0.5, 0.6) is 0 Å². The third kappa shape index (κ3) is 3.09. The van der Waals surface area contributed by atoms with Gasteiger partial charge in [0, 0.05) is 18.2 Å². The topological polar surface area (TPSA) is 34.4 Å². The van der Waals surface area contributed by atoms with Gasteiger partial charge in [0.25, 0.3) is 5.91 Å². The molecule has 1 saturated carbocycles. The molecular weight excluding hydrogens is 300 g/mol. The molecule has 0 radical (unpaired) electrons. The summed E-state index contributed by atoms with van der Waals surface area (Å²) in [6, 6.07) is 4.41. The Kier molecular flexibility index (Phi) is 4.22. The lowest BCUT2D eigenvalue weighted by molar-refractivity contribution is -0.119. The molecule has 1 aromatic heterocycles. The largest absolute Gasteiger partial charge is 0.315 e. The van der Waals surface area contributed by atoms with E-state index in [9.17, 15) is 4.79 Å². The van der Waals surface area contributed by atoms with E-state index >= 15 is 0 Å². The first-order chi connectivity index (χ1) is 10.1. The Hall–Kier alpha value is -1.07. The van der Waals surface area contributed by atoms with Gasteiger partial charge in [-0.1, -0.05) is 17.4 Å². The van der Waals surface area contributed by atoms with E-state index in [0.717, 1.165) is 29.9 Å². The normalized spacial score (nSPS) is 15.9. The van der Waals surface area contributed by atoms with Crippen LogP contribution in [0.15, 0.2) is 17.1 Å². The molecule has 1 fully saturated rings. The van der Waals surface area contributed by atoms with E-state index in [1.807, 2.05) is 11.8 Å². The number of benzene rings is 1. The number of nitrogens with zero attached hydrogens (tertiary/aromatic N) is 2. The molecule has 0 saturated heterocycles. The van der Waals surface area contributed by atoms with E-state index in [4.69, 9.17) is 0 Å². The van der Waals surface area contributed by atoms with Gasteiger partial charge in [0.15, 0.2) is 4.80 Å². The molecule has 3 nitrogen and oxygen atoms in total. The van der Waals surface area contributed by atoms with Crippen molar-refractivity contribution in [3.8, 4) is 0 Å². The van der Waals surface area contributed by atoms with Gasteiger partial charge in [-0.15, -0.1) is 0 Å². The van der Waals surface area contributed by atoms with Crippen LogP contribution >= 0.6 is 23.1 Å². The number of rotatable bonds is 4. The minimum Gasteiger partial charge on any atom is -0.315 e. The highest BCUT2D eigenvalue weighted by molar-refractivity contribution is 7.98. The lowest BCUT2D eigenvalue weighted by atomic mass is 10.1. The van der Waals surface area contributed by atoms with Crippen LogP contribution in [0.25, 0.3) is 10.2 Å². The number of carbonyl (C=O) groups is 1. The second kappa shape index (κ2) is 5.97. The van der Waals surface area contributed by atoms with Crippen LogP contribution in [0.3, 0.4) is 0 Å². The first kappa shape index (κ1) is 14.9. The zero-order chi connectivity index (χ0) is 15.0. The summed E-state index contributed by atoms with van der Waals surface area (Å²) in [5.41, 5.74) is 3.75. The lowest BCUT2D eigenvalue weighted by Gasteiger charge is -2.05. The number of hydrogen-bond acceptors (Lipinski definition) is 3. The van der Waals surface area contributed by atoms with Crippen LogP contribution in [-0.4, -0.2) is 22.5 Å². The summed E-state index contributed by atoms with van der Waals surface area (Å²) in [6.45, 7) is 5.16.